The van der Waals surface area contributed by atoms with Gasteiger partial charge in [0.25, 0.3) is 5.91 Å². The van der Waals surface area contributed by atoms with Crippen LogP contribution in [0.3, 0.4) is 0 Å². The number of amides is 1. The Bertz CT molecular complexity index is 772. The number of hydrogen-bond donors (Lipinski definition) is 2. The molecule has 2 aromatic rings. The molecule has 0 spiro atoms. The number of carbonyl (C=O) groups is 1. The average Bonchev–Trinajstić information content (AvgIpc) is 3.00. The number of nitrogens with zero attached hydrogens (tertiary/aromatic N) is 4. The molecule has 1 aliphatic heterocycles. The molecule has 0 bridgehead atoms. The van der Waals surface area contributed by atoms with Crippen molar-refractivity contribution in [1.29, 1.82) is 0 Å². The van der Waals surface area contributed by atoms with E-state index >= 15 is 0 Å². The van der Waals surface area contributed by atoms with E-state index in [1.165, 1.54) is 0 Å². The second-order valence-corrected chi connectivity index (χ2v) is 6.12. The molecule has 4 rings (SSSR count). The molecule has 0 atom stereocenters. The van der Waals surface area contributed by atoms with Crippen LogP contribution in [-0.2, 0) is 17.6 Å². The third-order valence-electron chi connectivity index (χ3n) is 4.47. The molecule has 0 unspecified atom stereocenters. The molecule has 1 fully saturated rings. The molecule has 3 heterocycles. The first-order valence-electron chi connectivity index (χ1n) is 7.65. The van der Waals surface area contributed by atoms with Gasteiger partial charge >= 0.3 is 0 Å². The number of primary amides is 1. The van der Waals surface area contributed by atoms with Crippen molar-refractivity contribution < 1.29 is 9.90 Å². The Morgan fingerprint density at radius 1 is 1.26 bits per heavy atom. The number of β-amino-alcohol motifs (C(OH)–C–C–N with tert-alkyl or cyclic N) is 1. The molecule has 23 heavy (non-hydrogen) atoms. The highest BCUT2D eigenvalue weighted by Gasteiger charge is 2.48. The summed E-state index contributed by atoms with van der Waals surface area (Å²) in [6, 6.07) is 5.62. The zero-order valence-corrected chi connectivity index (χ0v) is 12.6. The molecule has 118 valence electrons. The maximum absolute atomic E-state index is 11.3. The van der Waals surface area contributed by atoms with Crippen LogP contribution in [0.15, 0.2) is 24.4 Å². The van der Waals surface area contributed by atoms with Crippen LogP contribution in [0.2, 0.25) is 0 Å². The molecule has 2 aliphatic rings. The minimum Gasteiger partial charge on any atom is -0.377 e. The van der Waals surface area contributed by atoms with Crippen LogP contribution in [0.5, 0.6) is 0 Å². The summed E-state index contributed by atoms with van der Waals surface area (Å²) in [7, 11) is 0. The fourth-order valence-corrected chi connectivity index (χ4v) is 3.17. The van der Waals surface area contributed by atoms with E-state index in [9.17, 15) is 9.90 Å². The summed E-state index contributed by atoms with van der Waals surface area (Å²) in [5.41, 5.74) is 6.65. The van der Waals surface area contributed by atoms with Crippen LogP contribution >= 0.6 is 0 Å². The van der Waals surface area contributed by atoms with E-state index in [1.54, 1.807) is 6.20 Å². The number of aliphatic hydroxyl groups is 1. The van der Waals surface area contributed by atoms with Gasteiger partial charge in [-0.25, -0.2) is 9.97 Å². The van der Waals surface area contributed by atoms with Gasteiger partial charge in [-0.1, -0.05) is 6.07 Å². The minimum atomic E-state index is -1.46. The van der Waals surface area contributed by atoms with Crippen LogP contribution in [0, 0.1) is 0 Å². The van der Waals surface area contributed by atoms with Crippen molar-refractivity contribution in [2.45, 2.75) is 24.9 Å². The van der Waals surface area contributed by atoms with Gasteiger partial charge in [0, 0.05) is 17.5 Å². The lowest BCUT2D eigenvalue weighted by Crippen LogP contribution is -2.68. The zero-order chi connectivity index (χ0) is 16.0. The predicted octanol–water partition coefficient (Wildman–Crippen LogP) is 0.0637. The molecule has 1 aliphatic carbocycles. The number of fused-ring (bicyclic) bond motifs is 1. The summed E-state index contributed by atoms with van der Waals surface area (Å²) in [5, 5.41) is 10.1. The van der Waals surface area contributed by atoms with Crippen molar-refractivity contribution in [3.8, 4) is 11.5 Å². The van der Waals surface area contributed by atoms with Crippen molar-refractivity contribution in [3.05, 3.63) is 35.7 Å². The summed E-state index contributed by atoms with van der Waals surface area (Å²) in [4.78, 5) is 26.8. The number of carbonyl (C=O) groups excluding carboxylic acids is 1. The molecule has 7 heteroatoms. The fraction of sp³-hybridized carbons (Fsp3) is 0.375. The molecule has 1 amide bonds. The fourth-order valence-electron chi connectivity index (χ4n) is 3.17. The molecule has 7 nitrogen and oxygen atoms in total. The van der Waals surface area contributed by atoms with Crippen LogP contribution in [-0.4, -0.2) is 44.7 Å². The van der Waals surface area contributed by atoms with Gasteiger partial charge in [-0.05, 0) is 31.4 Å². The summed E-state index contributed by atoms with van der Waals surface area (Å²) in [6.45, 7) is 0.348. The Hall–Kier alpha value is -2.54. The molecule has 1 saturated heterocycles. The lowest BCUT2D eigenvalue weighted by atomic mass is 9.93. The van der Waals surface area contributed by atoms with E-state index in [2.05, 4.69) is 15.0 Å². The number of aryl methyl sites for hydroxylation is 1. The first-order chi connectivity index (χ1) is 11.1. The zero-order valence-electron chi connectivity index (χ0n) is 12.6. The smallest absolute Gasteiger partial charge is 0.253 e. The molecule has 0 saturated carbocycles. The van der Waals surface area contributed by atoms with Crippen molar-refractivity contribution in [2.24, 2.45) is 5.73 Å². The molecular weight excluding hydrogens is 294 g/mol. The van der Waals surface area contributed by atoms with E-state index in [0.717, 1.165) is 36.3 Å². The Kier molecular flexibility index (Phi) is 3.05. The molecule has 3 N–H and O–H groups in total. The number of hydrogen-bond acceptors (Lipinski definition) is 6. The van der Waals surface area contributed by atoms with Gasteiger partial charge in [0.05, 0.1) is 13.1 Å². The summed E-state index contributed by atoms with van der Waals surface area (Å²) < 4.78 is 0. The van der Waals surface area contributed by atoms with Crippen molar-refractivity contribution in [1.82, 2.24) is 15.0 Å². The lowest BCUT2D eigenvalue weighted by molar-refractivity contribution is -0.138. The van der Waals surface area contributed by atoms with Crippen molar-refractivity contribution in [3.63, 3.8) is 0 Å². The third kappa shape index (κ3) is 2.24. The van der Waals surface area contributed by atoms with Gasteiger partial charge in [-0.3, -0.25) is 9.78 Å². The van der Waals surface area contributed by atoms with E-state index < -0.39 is 11.5 Å². The van der Waals surface area contributed by atoms with Crippen molar-refractivity contribution >= 4 is 11.7 Å². The van der Waals surface area contributed by atoms with E-state index in [-0.39, 0.29) is 13.1 Å². The number of nitrogens with two attached hydrogens (primary N) is 1. The van der Waals surface area contributed by atoms with E-state index in [0.29, 0.717) is 11.5 Å². The number of anilines is 1. The maximum Gasteiger partial charge on any atom is 0.253 e. The van der Waals surface area contributed by atoms with Crippen molar-refractivity contribution in [2.75, 3.05) is 18.0 Å². The maximum atomic E-state index is 11.3. The summed E-state index contributed by atoms with van der Waals surface area (Å²) >= 11 is 0. The average molecular weight is 311 g/mol. The van der Waals surface area contributed by atoms with E-state index in [4.69, 9.17) is 5.73 Å². The number of pyridine rings is 1. The normalized spacial score (nSPS) is 18.4. The number of aromatic nitrogens is 3. The Balaban J connectivity index is 1.73. The summed E-state index contributed by atoms with van der Waals surface area (Å²) in [6.07, 6.45) is 4.58. The Morgan fingerprint density at radius 3 is 2.78 bits per heavy atom. The molecule has 0 radical (unpaired) electrons. The second-order valence-electron chi connectivity index (χ2n) is 6.12. The standard InChI is InChI=1S/C16H17N5O2/c17-15(22)16(23)8-21(9-16)14-10-4-3-6-11(10)19-13(20-14)12-5-1-2-7-18-12/h1-2,5,7,23H,3-4,6,8-9H2,(H2,17,22). The molecule has 0 aromatic carbocycles. The first kappa shape index (κ1) is 14.1. The van der Waals surface area contributed by atoms with Gasteiger partial charge in [0.1, 0.15) is 11.5 Å². The highest BCUT2D eigenvalue weighted by atomic mass is 16.3. The Morgan fingerprint density at radius 2 is 2.09 bits per heavy atom. The highest BCUT2D eigenvalue weighted by Crippen LogP contribution is 2.35. The first-order valence-corrected chi connectivity index (χ1v) is 7.65. The third-order valence-corrected chi connectivity index (χ3v) is 4.47. The quantitative estimate of drug-likeness (QED) is 0.830. The summed E-state index contributed by atoms with van der Waals surface area (Å²) in [5.74, 6) is 0.680. The predicted molar refractivity (Wildman–Crippen MR) is 83.6 cm³/mol. The number of rotatable bonds is 3. The van der Waals surface area contributed by atoms with Crippen LogP contribution < -0.4 is 10.6 Å². The van der Waals surface area contributed by atoms with Crippen LogP contribution in [0.4, 0.5) is 5.82 Å². The largest absolute Gasteiger partial charge is 0.377 e. The highest BCUT2D eigenvalue weighted by molar-refractivity contribution is 5.87. The van der Waals surface area contributed by atoms with Gasteiger partial charge in [0.15, 0.2) is 11.4 Å². The minimum absolute atomic E-state index is 0.174. The van der Waals surface area contributed by atoms with Gasteiger partial charge < -0.3 is 15.7 Å². The van der Waals surface area contributed by atoms with Crippen LogP contribution in [0.1, 0.15) is 17.7 Å². The van der Waals surface area contributed by atoms with E-state index in [1.807, 2.05) is 23.1 Å². The lowest BCUT2D eigenvalue weighted by Gasteiger charge is -2.45. The second kappa shape index (κ2) is 4.99. The molecule has 2 aromatic heterocycles. The molecular formula is C16H17N5O2. The monoisotopic (exact) mass is 311 g/mol. The van der Waals surface area contributed by atoms with Gasteiger partial charge in [-0.2, -0.15) is 0 Å². The van der Waals surface area contributed by atoms with Gasteiger partial charge in [0.2, 0.25) is 0 Å². The topological polar surface area (TPSA) is 105 Å². The van der Waals surface area contributed by atoms with Crippen LogP contribution in [0.25, 0.3) is 11.5 Å². The SMILES string of the molecule is NC(=O)C1(O)CN(c2nc(-c3ccccn3)nc3c2CCC3)C1. The van der Waals surface area contributed by atoms with Gasteiger partial charge in [-0.15, -0.1) is 0 Å². The Labute approximate surface area is 133 Å².